The van der Waals surface area contributed by atoms with E-state index in [1.54, 1.807) is 47.8 Å². The number of carbonyl (C=O) groups is 1. The summed E-state index contributed by atoms with van der Waals surface area (Å²) >= 11 is 1.13. The number of anilines is 3. The lowest BCUT2D eigenvalue weighted by Crippen LogP contribution is -2.19. The van der Waals surface area contributed by atoms with E-state index in [-0.39, 0.29) is 4.21 Å². The maximum atomic E-state index is 12.2. The molecule has 8 heteroatoms. The first-order valence-electron chi connectivity index (χ1n) is 7.32. The van der Waals surface area contributed by atoms with Gasteiger partial charge in [-0.1, -0.05) is 30.3 Å². The minimum absolute atomic E-state index is 0.229. The van der Waals surface area contributed by atoms with Crippen molar-refractivity contribution in [2.24, 2.45) is 0 Å². The summed E-state index contributed by atoms with van der Waals surface area (Å²) in [6.45, 7) is 0. The Labute approximate surface area is 149 Å². The lowest BCUT2D eigenvalue weighted by molar-refractivity contribution is 0.262. The van der Waals surface area contributed by atoms with Crippen LogP contribution in [0, 0.1) is 0 Å². The number of hydrogen-bond donors (Lipinski definition) is 3. The quantitative estimate of drug-likeness (QED) is 0.626. The van der Waals surface area contributed by atoms with Crippen molar-refractivity contribution >= 4 is 44.5 Å². The summed E-state index contributed by atoms with van der Waals surface area (Å²) in [5.41, 5.74) is 1.50. The van der Waals surface area contributed by atoms with Crippen molar-refractivity contribution < 1.29 is 13.2 Å². The highest BCUT2D eigenvalue weighted by Crippen LogP contribution is 2.22. The van der Waals surface area contributed by atoms with E-state index in [2.05, 4.69) is 15.4 Å². The number of thiophene rings is 1. The molecule has 0 unspecified atom stereocenters. The molecule has 0 spiro atoms. The fraction of sp³-hybridized carbons (Fsp3) is 0. The van der Waals surface area contributed by atoms with Crippen LogP contribution in [0.25, 0.3) is 0 Å². The molecule has 0 atom stereocenters. The largest absolute Gasteiger partial charge is 0.323 e. The van der Waals surface area contributed by atoms with Gasteiger partial charge in [0.05, 0.1) is 5.69 Å². The number of hydrogen-bond acceptors (Lipinski definition) is 4. The van der Waals surface area contributed by atoms with Crippen LogP contribution in [0.2, 0.25) is 0 Å². The lowest BCUT2D eigenvalue weighted by Gasteiger charge is -2.10. The number of carbonyl (C=O) groups excluding carboxylic acids is 1. The minimum Gasteiger partial charge on any atom is -0.308 e. The molecule has 0 fully saturated rings. The molecule has 25 heavy (non-hydrogen) atoms. The van der Waals surface area contributed by atoms with E-state index in [9.17, 15) is 13.2 Å². The Morgan fingerprint density at radius 3 is 2.20 bits per heavy atom. The molecule has 0 aliphatic heterocycles. The summed E-state index contributed by atoms with van der Waals surface area (Å²) in [5, 5.41) is 7.06. The average Bonchev–Trinajstić information content (AvgIpc) is 3.11. The summed E-state index contributed by atoms with van der Waals surface area (Å²) < 4.78 is 27.2. The predicted molar refractivity (Wildman–Crippen MR) is 101 cm³/mol. The second kappa shape index (κ2) is 7.37. The van der Waals surface area contributed by atoms with E-state index >= 15 is 0 Å². The van der Waals surface area contributed by atoms with Gasteiger partial charge in [-0.25, -0.2) is 13.2 Å². The van der Waals surface area contributed by atoms with Crippen LogP contribution in [-0.4, -0.2) is 14.4 Å². The molecule has 1 aromatic heterocycles. The highest BCUT2D eigenvalue weighted by molar-refractivity contribution is 7.94. The van der Waals surface area contributed by atoms with Gasteiger partial charge in [-0.2, -0.15) is 0 Å². The smallest absolute Gasteiger partial charge is 0.308 e. The summed E-state index contributed by atoms with van der Waals surface area (Å²) in [4.78, 5) is 12.0. The normalized spacial score (nSPS) is 10.9. The van der Waals surface area contributed by atoms with Crippen LogP contribution < -0.4 is 15.4 Å². The molecule has 128 valence electrons. The van der Waals surface area contributed by atoms with Gasteiger partial charge in [0, 0.05) is 11.4 Å². The van der Waals surface area contributed by atoms with Crippen molar-refractivity contribution in [1.82, 2.24) is 0 Å². The first kappa shape index (κ1) is 17.0. The van der Waals surface area contributed by atoms with Crippen molar-refractivity contribution in [2.75, 3.05) is 15.4 Å². The van der Waals surface area contributed by atoms with Crippen molar-refractivity contribution in [2.45, 2.75) is 4.21 Å². The molecule has 0 aliphatic rings. The van der Waals surface area contributed by atoms with E-state index in [0.29, 0.717) is 17.1 Å². The molecule has 0 aliphatic carbocycles. The van der Waals surface area contributed by atoms with Crippen LogP contribution in [0.4, 0.5) is 21.9 Å². The van der Waals surface area contributed by atoms with Crippen LogP contribution in [0.5, 0.6) is 0 Å². The third-order valence-corrected chi connectivity index (χ3v) is 5.94. The van der Waals surface area contributed by atoms with Crippen LogP contribution in [0.15, 0.2) is 76.3 Å². The Hall–Kier alpha value is -2.84. The summed E-state index contributed by atoms with van der Waals surface area (Å²) in [5.74, 6) is 0. The molecule has 0 saturated carbocycles. The van der Waals surface area contributed by atoms with E-state index in [0.717, 1.165) is 11.3 Å². The molecule has 1 heterocycles. The van der Waals surface area contributed by atoms with Gasteiger partial charge in [0.25, 0.3) is 10.0 Å². The lowest BCUT2D eigenvalue weighted by atomic mass is 10.3. The van der Waals surface area contributed by atoms with E-state index in [1.165, 1.54) is 6.07 Å². The molecule has 0 radical (unpaired) electrons. The summed E-state index contributed by atoms with van der Waals surface area (Å²) in [6, 6.07) is 18.3. The van der Waals surface area contributed by atoms with Gasteiger partial charge < -0.3 is 10.6 Å². The molecule has 0 bridgehead atoms. The minimum atomic E-state index is -3.62. The number of para-hydroxylation sites is 1. The van der Waals surface area contributed by atoms with Gasteiger partial charge >= 0.3 is 6.03 Å². The van der Waals surface area contributed by atoms with E-state index < -0.39 is 16.1 Å². The molecule has 6 nitrogen and oxygen atoms in total. The predicted octanol–water partition coefficient (Wildman–Crippen LogP) is 4.19. The van der Waals surface area contributed by atoms with E-state index in [1.807, 2.05) is 18.2 Å². The first-order chi connectivity index (χ1) is 12.0. The Kier molecular flexibility index (Phi) is 5.01. The fourth-order valence-corrected chi connectivity index (χ4v) is 4.14. The van der Waals surface area contributed by atoms with Gasteiger partial charge in [-0.15, -0.1) is 11.3 Å². The summed E-state index contributed by atoms with van der Waals surface area (Å²) in [6.07, 6.45) is 0. The highest BCUT2D eigenvalue weighted by Gasteiger charge is 2.15. The van der Waals surface area contributed by atoms with Crippen LogP contribution >= 0.6 is 11.3 Å². The molecule has 3 N–H and O–H groups in total. The highest BCUT2D eigenvalue weighted by atomic mass is 32.2. The van der Waals surface area contributed by atoms with E-state index in [4.69, 9.17) is 0 Å². The first-order valence-corrected chi connectivity index (χ1v) is 9.69. The monoisotopic (exact) mass is 373 g/mol. The van der Waals surface area contributed by atoms with Crippen molar-refractivity contribution in [3.63, 3.8) is 0 Å². The maximum absolute atomic E-state index is 12.2. The molecule has 0 saturated heterocycles. The number of rotatable bonds is 5. The Bertz CT molecular complexity index is 956. The second-order valence-electron chi connectivity index (χ2n) is 5.06. The second-order valence-corrected chi connectivity index (χ2v) is 7.92. The number of benzene rings is 2. The van der Waals surface area contributed by atoms with Crippen LogP contribution in [-0.2, 0) is 10.0 Å². The maximum Gasteiger partial charge on any atom is 0.323 e. The van der Waals surface area contributed by atoms with Crippen molar-refractivity contribution in [3.05, 3.63) is 72.1 Å². The zero-order valence-corrected chi connectivity index (χ0v) is 14.6. The van der Waals surface area contributed by atoms with Crippen LogP contribution in [0.3, 0.4) is 0 Å². The zero-order chi connectivity index (χ0) is 17.7. The van der Waals surface area contributed by atoms with Gasteiger partial charge in [-0.05, 0) is 41.8 Å². The standard InChI is InChI=1S/C17H15N3O3S2/c21-17(18-13-6-2-1-3-7-13)19-14-8-4-9-15(12-14)20-25(22,23)16-10-5-11-24-16/h1-12,20H,(H2,18,19,21). The molecular weight excluding hydrogens is 358 g/mol. The third kappa shape index (κ3) is 4.59. The number of nitrogens with one attached hydrogen (secondary N) is 3. The molecule has 2 amide bonds. The SMILES string of the molecule is O=C(Nc1ccccc1)Nc1cccc(NS(=O)(=O)c2cccs2)c1. The van der Waals surface area contributed by atoms with Crippen LogP contribution in [0.1, 0.15) is 0 Å². The zero-order valence-electron chi connectivity index (χ0n) is 13.0. The number of urea groups is 1. The van der Waals surface area contributed by atoms with Gasteiger partial charge in [0.1, 0.15) is 4.21 Å². The van der Waals surface area contributed by atoms with Gasteiger partial charge in [0.2, 0.25) is 0 Å². The molecule has 3 rings (SSSR count). The number of sulfonamides is 1. The average molecular weight is 373 g/mol. The topological polar surface area (TPSA) is 87.3 Å². The molecular formula is C17H15N3O3S2. The van der Waals surface area contributed by atoms with Crippen molar-refractivity contribution in [3.8, 4) is 0 Å². The molecule has 2 aromatic carbocycles. The van der Waals surface area contributed by atoms with Gasteiger partial charge in [0.15, 0.2) is 0 Å². The van der Waals surface area contributed by atoms with Crippen molar-refractivity contribution in [1.29, 1.82) is 0 Å². The third-order valence-electron chi connectivity index (χ3n) is 3.16. The van der Waals surface area contributed by atoms with Gasteiger partial charge in [-0.3, -0.25) is 4.72 Å². The fourth-order valence-electron chi connectivity index (χ4n) is 2.10. The molecule has 3 aromatic rings. The Morgan fingerprint density at radius 1 is 0.800 bits per heavy atom. The Morgan fingerprint density at radius 2 is 1.48 bits per heavy atom. The summed E-state index contributed by atoms with van der Waals surface area (Å²) in [7, 11) is -3.62. The number of amides is 2. The Balaban J connectivity index is 1.68.